The van der Waals surface area contributed by atoms with Crippen LogP contribution in [0.1, 0.15) is 22.3 Å². The minimum atomic E-state index is -4.02. The number of nitrogens with one attached hydrogen (secondary N) is 2. The van der Waals surface area contributed by atoms with E-state index in [0.29, 0.717) is 11.1 Å². The van der Waals surface area contributed by atoms with Crippen LogP contribution in [0.2, 0.25) is 0 Å². The van der Waals surface area contributed by atoms with Gasteiger partial charge in [-0.05, 0) is 68.3 Å². The van der Waals surface area contributed by atoms with E-state index >= 15 is 0 Å². The summed E-state index contributed by atoms with van der Waals surface area (Å²) in [6.07, 6.45) is 0. The Kier molecular flexibility index (Phi) is 8.11. The summed E-state index contributed by atoms with van der Waals surface area (Å²) in [6.45, 7) is 4.79. The number of hydrogen-bond acceptors (Lipinski definition) is 5. The van der Waals surface area contributed by atoms with Crippen molar-refractivity contribution in [2.75, 3.05) is 18.9 Å². The molecule has 0 bridgehead atoms. The average molecular weight is 516 g/mol. The lowest BCUT2D eigenvalue weighted by Crippen LogP contribution is -2.38. The highest BCUT2D eigenvalue weighted by molar-refractivity contribution is 7.89. The van der Waals surface area contributed by atoms with Crippen molar-refractivity contribution >= 4 is 31.6 Å². The molecule has 0 saturated heterocycles. The number of hydrogen-bond donors (Lipinski definition) is 2. The molecule has 0 aliphatic carbocycles. The van der Waals surface area contributed by atoms with Gasteiger partial charge in [-0.25, -0.2) is 21.6 Å². The van der Waals surface area contributed by atoms with Crippen molar-refractivity contribution < 1.29 is 21.6 Å². The Hall–Kier alpha value is -3.05. The summed E-state index contributed by atoms with van der Waals surface area (Å²) in [5.74, 6) is -0.586. The quantitative estimate of drug-likeness (QED) is 0.454. The Bertz CT molecular complexity index is 1440. The topological polar surface area (TPSA) is 113 Å². The van der Waals surface area contributed by atoms with Crippen LogP contribution in [0, 0.1) is 20.8 Å². The molecule has 0 atom stereocenters. The van der Waals surface area contributed by atoms with Gasteiger partial charge in [-0.2, -0.15) is 4.31 Å². The van der Waals surface area contributed by atoms with Crippen LogP contribution >= 0.6 is 0 Å². The second-order valence-corrected chi connectivity index (χ2v) is 12.1. The van der Waals surface area contributed by atoms with Gasteiger partial charge in [0.2, 0.25) is 26.0 Å². The molecule has 2 N–H and O–H groups in total. The van der Waals surface area contributed by atoms with Crippen LogP contribution in [-0.4, -0.2) is 40.6 Å². The second kappa shape index (κ2) is 10.7. The van der Waals surface area contributed by atoms with Gasteiger partial charge >= 0.3 is 0 Å². The van der Waals surface area contributed by atoms with Crippen molar-refractivity contribution in [3.63, 3.8) is 0 Å². The lowest BCUT2D eigenvalue weighted by Gasteiger charge is -2.23. The maximum absolute atomic E-state index is 13.6. The summed E-state index contributed by atoms with van der Waals surface area (Å²) in [5, 5.41) is 2.68. The zero-order valence-electron chi connectivity index (χ0n) is 20.1. The van der Waals surface area contributed by atoms with Crippen molar-refractivity contribution in [3.8, 4) is 0 Å². The van der Waals surface area contributed by atoms with E-state index in [4.69, 9.17) is 0 Å². The minimum absolute atomic E-state index is 0.00285. The van der Waals surface area contributed by atoms with Crippen molar-refractivity contribution in [2.24, 2.45) is 0 Å². The fourth-order valence-electron chi connectivity index (χ4n) is 3.51. The molecule has 3 aromatic carbocycles. The van der Waals surface area contributed by atoms with Crippen molar-refractivity contribution in [2.45, 2.75) is 37.1 Å². The monoisotopic (exact) mass is 515 g/mol. The summed E-state index contributed by atoms with van der Waals surface area (Å²) in [5.41, 5.74) is 3.02. The minimum Gasteiger partial charge on any atom is -0.325 e. The average Bonchev–Trinajstić information content (AvgIpc) is 2.82. The molecule has 0 unspecified atom stereocenters. The zero-order valence-corrected chi connectivity index (χ0v) is 21.7. The smallest absolute Gasteiger partial charge is 0.244 e. The maximum Gasteiger partial charge on any atom is 0.244 e. The van der Waals surface area contributed by atoms with Gasteiger partial charge in [0.25, 0.3) is 0 Å². The SMILES string of the molecule is CNS(=O)(=O)c1ccc(C)c(NC(=O)CN(Cc2ccccc2)S(=O)(=O)c2cc(C)ccc2C)c1. The fraction of sp³-hybridized carbons (Fsp3) is 0.240. The third kappa shape index (κ3) is 6.34. The second-order valence-electron chi connectivity index (χ2n) is 8.26. The molecule has 8 nitrogen and oxygen atoms in total. The van der Waals surface area contributed by atoms with E-state index in [1.54, 1.807) is 56.3 Å². The van der Waals surface area contributed by atoms with E-state index < -0.39 is 32.5 Å². The van der Waals surface area contributed by atoms with Crippen molar-refractivity contribution in [3.05, 3.63) is 89.0 Å². The van der Waals surface area contributed by atoms with Crippen LogP contribution in [-0.2, 0) is 31.4 Å². The third-order valence-corrected chi connectivity index (χ3v) is 8.89. The molecule has 0 fully saturated rings. The molecule has 10 heteroatoms. The lowest BCUT2D eigenvalue weighted by atomic mass is 10.2. The number of anilines is 1. The fourth-order valence-corrected chi connectivity index (χ4v) is 5.96. The Labute approximate surface area is 207 Å². The normalized spacial score (nSPS) is 12.0. The van der Waals surface area contributed by atoms with E-state index in [1.807, 2.05) is 19.1 Å². The highest BCUT2D eigenvalue weighted by atomic mass is 32.2. The van der Waals surface area contributed by atoms with Crippen LogP contribution in [0.3, 0.4) is 0 Å². The largest absolute Gasteiger partial charge is 0.325 e. The van der Waals surface area contributed by atoms with Gasteiger partial charge in [0, 0.05) is 12.2 Å². The summed E-state index contributed by atoms with van der Waals surface area (Å²) >= 11 is 0. The number of benzene rings is 3. The van der Waals surface area contributed by atoms with Crippen LogP contribution in [0.15, 0.2) is 76.5 Å². The van der Waals surface area contributed by atoms with Gasteiger partial charge in [0.05, 0.1) is 16.3 Å². The number of sulfonamides is 2. The van der Waals surface area contributed by atoms with E-state index in [9.17, 15) is 21.6 Å². The zero-order chi connectivity index (χ0) is 25.8. The first kappa shape index (κ1) is 26.6. The molecule has 0 saturated carbocycles. The standard InChI is InChI=1S/C25H29N3O5S2/c1-18-10-11-20(3)24(14-18)35(32,33)28(16-21-8-6-5-7-9-21)17-25(29)27-23-15-22(13-12-19(23)2)34(30,31)26-4/h5-15,26H,16-17H2,1-4H3,(H,27,29). The Morgan fingerprint density at radius 3 is 2.17 bits per heavy atom. The van der Waals surface area contributed by atoms with Gasteiger partial charge in [0.15, 0.2) is 0 Å². The molecule has 0 heterocycles. The van der Waals surface area contributed by atoms with E-state index in [2.05, 4.69) is 10.0 Å². The molecule has 3 rings (SSSR count). The molecule has 186 valence electrons. The third-order valence-electron chi connectivity index (χ3n) is 5.55. The highest BCUT2D eigenvalue weighted by Gasteiger charge is 2.29. The van der Waals surface area contributed by atoms with Gasteiger partial charge in [-0.3, -0.25) is 4.79 Å². The predicted octanol–water partition coefficient (Wildman–Crippen LogP) is 3.35. The molecular formula is C25H29N3O5S2. The first-order chi connectivity index (χ1) is 16.4. The lowest BCUT2D eigenvalue weighted by molar-refractivity contribution is -0.116. The van der Waals surface area contributed by atoms with Crippen molar-refractivity contribution in [1.29, 1.82) is 0 Å². The summed E-state index contributed by atoms with van der Waals surface area (Å²) in [4.78, 5) is 13.2. The molecule has 0 spiro atoms. The van der Waals surface area contributed by atoms with Gasteiger partial charge in [-0.1, -0.05) is 48.5 Å². The molecule has 1 amide bonds. The highest BCUT2D eigenvalue weighted by Crippen LogP contribution is 2.24. The number of rotatable bonds is 9. The van der Waals surface area contributed by atoms with E-state index in [1.165, 1.54) is 19.2 Å². The number of amides is 1. The Morgan fingerprint density at radius 2 is 1.51 bits per heavy atom. The molecule has 35 heavy (non-hydrogen) atoms. The number of carbonyl (C=O) groups excluding carboxylic acids is 1. The molecule has 0 aliphatic rings. The van der Waals surface area contributed by atoms with Crippen LogP contribution in [0.25, 0.3) is 0 Å². The van der Waals surface area contributed by atoms with Crippen LogP contribution < -0.4 is 10.0 Å². The summed E-state index contributed by atoms with van der Waals surface area (Å²) in [6, 6.07) is 18.5. The maximum atomic E-state index is 13.6. The number of nitrogens with zero attached hydrogens (tertiary/aromatic N) is 1. The summed E-state index contributed by atoms with van der Waals surface area (Å²) in [7, 11) is -6.43. The first-order valence-electron chi connectivity index (χ1n) is 10.9. The predicted molar refractivity (Wildman–Crippen MR) is 136 cm³/mol. The molecule has 0 aromatic heterocycles. The molecule has 0 radical (unpaired) electrons. The molecular weight excluding hydrogens is 486 g/mol. The van der Waals surface area contributed by atoms with E-state index in [0.717, 1.165) is 15.4 Å². The summed E-state index contributed by atoms with van der Waals surface area (Å²) < 4.78 is 55.0. The number of aryl methyl sites for hydroxylation is 3. The van der Waals surface area contributed by atoms with Gasteiger partial charge in [0.1, 0.15) is 0 Å². The van der Waals surface area contributed by atoms with Crippen molar-refractivity contribution in [1.82, 2.24) is 9.03 Å². The number of carbonyl (C=O) groups is 1. The van der Waals surface area contributed by atoms with Crippen LogP contribution in [0.4, 0.5) is 5.69 Å². The Morgan fingerprint density at radius 1 is 0.857 bits per heavy atom. The molecule has 0 aliphatic heterocycles. The van der Waals surface area contributed by atoms with Crippen LogP contribution in [0.5, 0.6) is 0 Å². The first-order valence-corrected chi connectivity index (χ1v) is 13.8. The van der Waals surface area contributed by atoms with E-state index in [-0.39, 0.29) is 22.0 Å². The molecule has 3 aromatic rings. The Balaban J connectivity index is 1.95. The van der Waals surface area contributed by atoms with Gasteiger partial charge in [-0.15, -0.1) is 0 Å². The van der Waals surface area contributed by atoms with Gasteiger partial charge < -0.3 is 5.32 Å².